The Morgan fingerprint density at radius 3 is 3.06 bits per heavy atom. The summed E-state index contributed by atoms with van der Waals surface area (Å²) in [5.74, 6) is -0.250. The van der Waals surface area contributed by atoms with Crippen molar-refractivity contribution in [3.8, 4) is 17.1 Å². The van der Waals surface area contributed by atoms with E-state index in [0.717, 1.165) is 4.68 Å². The van der Waals surface area contributed by atoms with E-state index in [1.54, 1.807) is 31.4 Å². The number of tetrazole rings is 1. The highest BCUT2D eigenvalue weighted by Gasteiger charge is 2.09. The van der Waals surface area contributed by atoms with Gasteiger partial charge in [0.25, 0.3) is 0 Å². The predicted octanol–water partition coefficient (Wildman–Crippen LogP) is -0.901. The van der Waals surface area contributed by atoms with Crippen LogP contribution in [0.3, 0.4) is 0 Å². The Morgan fingerprint density at radius 1 is 1.53 bits per heavy atom. The predicted molar refractivity (Wildman–Crippen MR) is 54.8 cm³/mol. The van der Waals surface area contributed by atoms with Crippen molar-refractivity contribution < 1.29 is 14.6 Å². The standard InChI is InChI=1S/C10H10N4O3/c1-17-8-4-2-3-7(5-8)10-11-12-13-14(10)6-9(15)16/h2-5H,6H2,1H3,(H,15,16)/p-1. The topological polar surface area (TPSA) is 93.0 Å². The minimum Gasteiger partial charge on any atom is -0.548 e. The molecule has 1 aromatic heterocycles. The lowest BCUT2D eigenvalue weighted by Gasteiger charge is -2.06. The minimum atomic E-state index is -1.25. The summed E-state index contributed by atoms with van der Waals surface area (Å²) in [4.78, 5) is 10.5. The lowest BCUT2D eigenvalue weighted by molar-refractivity contribution is -0.306. The summed E-state index contributed by atoms with van der Waals surface area (Å²) < 4.78 is 6.22. The zero-order chi connectivity index (χ0) is 12.3. The molecule has 0 amide bonds. The first kappa shape index (κ1) is 11.1. The molecule has 0 unspecified atom stereocenters. The van der Waals surface area contributed by atoms with Crippen LogP contribution < -0.4 is 9.84 Å². The van der Waals surface area contributed by atoms with Gasteiger partial charge in [0.05, 0.1) is 19.6 Å². The summed E-state index contributed by atoms with van der Waals surface area (Å²) in [5.41, 5.74) is 0.676. The fourth-order valence-corrected chi connectivity index (χ4v) is 1.40. The fraction of sp³-hybridized carbons (Fsp3) is 0.200. The molecular weight excluding hydrogens is 224 g/mol. The quantitative estimate of drug-likeness (QED) is 0.679. The van der Waals surface area contributed by atoms with E-state index in [0.29, 0.717) is 17.1 Å². The number of carbonyl (C=O) groups excluding carboxylic acids is 1. The van der Waals surface area contributed by atoms with Gasteiger partial charge in [0, 0.05) is 5.56 Å². The Kier molecular flexibility index (Phi) is 2.99. The van der Waals surface area contributed by atoms with E-state index in [2.05, 4.69) is 15.5 Å². The highest BCUT2D eigenvalue weighted by molar-refractivity contribution is 5.65. The molecule has 1 heterocycles. The van der Waals surface area contributed by atoms with Crippen molar-refractivity contribution >= 4 is 5.97 Å². The SMILES string of the molecule is COc1cccc(-c2nnnn2CC(=O)[O-])c1. The lowest BCUT2D eigenvalue weighted by Crippen LogP contribution is -2.28. The smallest absolute Gasteiger partial charge is 0.182 e. The van der Waals surface area contributed by atoms with E-state index in [-0.39, 0.29) is 6.54 Å². The molecule has 0 saturated carbocycles. The van der Waals surface area contributed by atoms with Crippen molar-refractivity contribution in [3.63, 3.8) is 0 Å². The molecule has 0 aliphatic carbocycles. The molecule has 0 saturated heterocycles. The molecule has 0 atom stereocenters. The monoisotopic (exact) mass is 233 g/mol. The van der Waals surface area contributed by atoms with Crippen molar-refractivity contribution in [3.05, 3.63) is 24.3 Å². The molecule has 2 rings (SSSR count). The normalized spacial score (nSPS) is 10.2. The van der Waals surface area contributed by atoms with Crippen LogP contribution in [0, 0.1) is 0 Å². The third kappa shape index (κ3) is 2.39. The number of carboxylic acid groups (broad SMARTS) is 1. The molecule has 88 valence electrons. The summed E-state index contributed by atoms with van der Waals surface area (Å²) in [5, 5.41) is 21.3. The number of ether oxygens (including phenoxy) is 1. The summed E-state index contributed by atoms with van der Waals surface area (Å²) in [6, 6.07) is 7.03. The van der Waals surface area contributed by atoms with Crippen LogP contribution in [0.25, 0.3) is 11.4 Å². The van der Waals surface area contributed by atoms with Crippen LogP contribution in [0.5, 0.6) is 5.75 Å². The molecule has 7 heteroatoms. The summed E-state index contributed by atoms with van der Waals surface area (Å²) >= 11 is 0. The van der Waals surface area contributed by atoms with Crippen LogP contribution in [0.1, 0.15) is 0 Å². The third-order valence-corrected chi connectivity index (χ3v) is 2.14. The van der Waals surface area contributed by atoms with Crippen molar-refractivity contribution in [1.82, 2.24) is 20.2 Å². The second-order valence-electron chi connectivity index (χ2n) is 3.26. The van der Waals surface area contributed by atoms with Gasteiger partial charge in [0.2, 0.25) is 0 Å². The van der Waals surface area contributed by atoms with Crippen LogP contribution >= 0.6 is 0 Å². The first-order chi connectivity index (χ1) is 8.20. The number of hydrogen-bond acceptors (Lipinski definition) is 6. The summed E-state index contributed by atoms with van der Waals surface area (Å²) in [6.45, 7) is -0.389. The van der Waals surface area contributed by atoms with Gasteiger partial charge >= 0.3 is 0 Å². The number of benzene rings is 1. The van der Waals surface area contributed by atoms with Gasteiger partial charge < -0.3 is 14.6 Å². The Labute approximate surface area is 96.6 Å². The van der Waals surface area contributed by atoms with Crippen LogP contribution in [-0.4, -0.2) is 33.3 Å². The molecule has 0 radical (unpaired) electrons. The fourth-order valence-electron chi connectivity index (χ4n) is 1.40. The van der Waals surface area contributed by atoms with E-state index in [1.807, 2.05) is 0 Å². The second kappa shape index (κ2) is 4.60. The first-order valence-electron chi connectivity index (χ1n) is 4.81. The molecule has 2 aromatic rings. The van der Waals surface area contributed by atoms with E-state index in [1.165, 1.54) is 0 Å². The van der Waals surface area contributed by atoms with Gasteiger partial charge in [-0.15, -0.1) is 5.10 Å². The number of nitrogens with zero attached hydrogens (tertiary/aromatic N) is 4. The molecular formula is C10H9N4O3-. The molecule has 0 bridgehead atoms. The first-order valence-corrected chi connectivity index (χ1v) is 4.81. The number of rotatable bonds is 4. The van der Waals surface area contributed by atoms with Gasteiger partial charge in [-0.2, -0.15) is 0 Å². The molecule has 7 nitrogen and oxygen atoms in total. The molecule has 0 fully saturated rings. The number of aliphatic carboxylic acids is 1. The Morgan fingerprint density at radius 2 is 2.35 bits per heavy atom. The zero-order valence-electron chi connectivity index (χ0n) is 9.03. The third-order valence-electron chi connectivity index (χ3n) is 2.14. The zero-order valence-corrected chi connectivity index (χ0v) is 9.03. The van der Waals surface area contributed by atoms with Crippen LogP contribution in [-0.2, 0) is 11.3 Å². The van der Waals surface area contributed by atoms with Gasteiger partial charge in [0.15, 0.2) is 5.82 Å². The van der Waals surface area contributed by atoms with Gasteiger partial charge in [-0.05, 0) is 22.6 Å². The highest BCUT2D eigenvalue weighted by Crippen LogP contribution is 2.20. The number of aromatic nitrogens is 4. The highest BCUT2D eigenvalue weighted by atomic mass is 16.5. The maximum Gasteiger partial charge on any atom is 0.182 e. The molecule has 1 aromatic carbocycles. The molecule has 0 aliphatic heterocycles. The van der Waals surface area contributed by atoms with Crippen molar-refractivity contribution in [2.75, 3.05) is 7.11 Å². The Bertz CT molecular complexity index is 538. The van der Waals surface area contributed by atoms with E-state index in [4.69, 9.17) is 4.74 Å². The minimum absolute atomic E-state index is 0.355. The number of carbonyl (C=O) groups is 1. The van der Waals surface area contributed by atoms with E-state index in [9.17, 15) is 9.90 Å². The maximum atomic E-state index is 10.5. The van der Waals surface area contributed by atoms with Gasteiger partial charge in [-0.1, -0.05) is 12.1 Å². The largest absolute Gasteiger partial charge is 0.548 e. The molecule has 0 aliphatic rings. The summed E-state index contributed by atoms with van der Waals surface area (Å²) in [6.07, 6.45) is 0. The van der Waals surface area contributed by atoms with Gasteiger partial charge in [0.1, 0.15) is 5.75 Å². The number of methoxy groups -OCH3 is 1. The Hall–Kier alpha value is -2.44. The van der Waals surface area contributed by atoms with Crippen LogP contribution in [0.2, 0.25) is 0 Å². The summed E-state index contributed by atoms with van der Waals surface area (Å²) in [7, 11) is 1.54. The molecule has 0 N–H and O–H groups in total. The van der Waals surface area contributed by atoms with Gasteiger partial charge in [-0.3, -0.25) is 0 Å². The van der Waals surface area contributed by atoms with Crippen LogP contribution in [0.4, 0.5) is 0 Å². The van der Waals surface area contributed by atoms with E-state index >= 15 is 0 Å². The van der Waals surface area contributed by atoms with Crippen molar-refractivity contribution in [2.45, 2.75) is 6.54 Å². The van der Waals surface area contributed by atoms with Crippen LogP contribution in [0.15, 0.2) is 24.3 Å². The number of carboxylic acids is 1. The van der Waals surface area contributed by atoms with E-state index < -0.39 is 5.97 Å². The average molecular weight is 233 g/mol. The number of hydrogen-bond donors (Lipinski definition) is 0. The van der Waals surface area contributed by atoms with Gasteiger partial charge in [-0.25, -0.2) is 4.68 Å². The lowest BCUT2D eigenvalue weighted by atomic mass is 10.2. The second-order valence-corrected chi connectivity index (χ2v) is 3.26. The molecule has 17 heavy (non-hydrogen) atoms. The average Bonchev–Trinajstić information content (AvgIpc) is 2.76. The molecule has 0 spiro atoms. The van der Waals surface area contributed by atoms with Crippen molar-refractivity contribution in [2.24, 2.45) is 0 Å². The maximum absolute atomic E-state index is 10.5. The Balaban J connectivity index is 2.38. The van der Waals surface area contributed by atoms with Crippen molar-refractivity contribution in [1.29, 1.82) is 0 Å².